The highest BCUT2D eigenvalue weighted by atomic mass is 32.2. The van der Waals surface area contributed by atoms with Gasteiger partial charge in [0.15, 0.2) is 0 Å². The van der Waals surface area contributed by atoms with Crippen molar-refractivity contribution in [2.24, 2.45) is 11.8 Å². The van der Waals surface area contributed by atoms with Crippen LogP contribution in [0.25, 0.3) is 0 Å². The van der Waals surface area contributed by atoms with Crippen molar-refractivity contribution >= 4 is 11.8 Å². The summed E-state index contributed by atoms with van der Waals surface area (Å²) in [5, 5.41) is 0. The molecule has 2 rings (SSSR count). The van der Waals surface area contributed by atoms with Crippen molar-refractivity contribution in [3.8, 4) is 0 Å². The van der Waals surface area contributed by atoms with Crippen molar-refractivity contribution in [1.82, 2.24) is 4.90 Å². The van der Waals surface area contributed by atoms with E-state index >= 15 is 0 Å². The number of thioether (sulfide) groups is 1. The average Bonchev–Trinajstić information content (AvgIpc) is 2.48. The summed E-state index contributed by atoms with van der Waals surface area (Å²) in [4.78, 5) is 4.10. The average molecular weight is 237 g/mol. The topological polar surface area (TPSA) is 3.24 Å². The molecule has 2 heteroatoms. The third kappa shape index (κ3) is 2.04. The minimum absolute atomic E-state index is 0.640. The van der Waals surface area contributed by atoms with Crippen molar-refractivity contribution in [2.45, 2.75) is 47.1 Å². The van der Waals surface area contributed by atoms with E-state index in [-0.39, 0.29) is 0 Å². The lowest BCUT2D eigenvalue weighted by Crippen LogP contribution is -2.40. The van der Waals surface area contributed by atoms with Gasteiger partial charge in [-0.2, -0.15) is 0 Å². The molecule has 0 fully saturated rings. The van der Waals surface area contributed by atoms with Crippen LogP contribution in [-0.2, 0) is 0 Å². The molecule has 1 aliphatic carbocycles. The van der Waals surface area contributed by atoms with Gasteiger partial charge >= 0.3 is 0 Å². The van der Waals surface area contributed by atoms with Gasteiger partial charge < -0.3 is 4.90 Å². The largest absolute Gasteiger partial charge is 0.358 e. The first-order valence-corrected chi connectivity index (χ1v) is 7.24. The molecule has 0 N–H and O–H groups in total. The van der Waals surface area contributed by atoms with Crippen LogP contribution in [0.15, 0.2) is 22.3 Å². The van der Waals surface area contributed by atoms with Crippen LogP contribution in [0.1, 0.15) is 41.0 Å². The molecule has 0 unspecified atom stereocenters. The molecule has 0 radical (unpaired) electrons. The SMILES string of the molecule is CC1=C[C@@H](C)C[C@@H](C)[C@H]1N1CSC(C)=C1C. The zero-order valence-electron chi connectivity index (χ0n) is 11.1. The Morgan fingerprint density at radius 1 is 1.25 bits per heavy atom. The highest BCUT2D eigenvalue weighted by molar-refractivity contribution is 8.03. The van der Waals surface area contributed by atoms with Gasteiger partial charge in [0.25, 0.3) is 0 Å². The fourth-order valence-electron chi connectivity index (χ4n) is 3.19. The van der Waals surface area contributed by atoms with Crippen LogP contribution < -0.4 is 0 Å². The first-order chi connectivity index (χ1) is 7.50. The third-order valence-electron chi connectivity index (χ3n) is 3.99. The molecular weight excluding hydrogens is 214 g/mol. The second-order valence-electron chi connectivity index (χ2n) is 5.43. The van der Waals surface area contributed by atoms with Gasteiger partial charge in [-0.05, 0) is 39.0 Å². The Bertz CT molecular complexity index is 343. The highest BCUT2D eigenvalue weighted by Gasteiger charge is 2.33. The van der Waals surface area contributed by atoms with Crippen molar-refractivity contribution < 1.29 is 0 Å². The van der Waals surface area contributed by atoms with Crippen LogP contribution in [0, 0.1) is 11.8 Å². The van der Waals surface area contributed by atoms with Crippen molar-refractivity contribution in [1.29, 1.82) is 0 Å². The molecule has 0 amide bonds. The van der Waals surface area contributed by atoms with E-state index in [1.807, 2.05) is 11.8 Å². The third-order valence-corrected chi connectivity index (χ3v) is 5.13. The second-order valence-corrected chi connectivity index (χ2v) is 6.59. The minimum atomic E-state index is 0.640. The summed E-state index contributed by atoms with van der Waals surface area (Å²) in [5.74, 6) is 2.68. The lowest BCUT2D eigenvalue weighted by molar-refractivity contribution is 0.223. The van der Waals surface area contributed by atoms with Crippen molar-refractivity contribution in [3.63, 3.8) is 0 Å². The van der Waals surface area contributed by atoms with E-state index < -0.39 is 0 Å². The molecule has 1 heterocycles. The lowest BCUT2D eigenvalue weighted by atomic mass is 9.80. The maximum absolute atomic E-state index is 2.60. The molecule has 1 nitrogen and oxygen atoms in total. The van der Waals surface area contributed by atoms with Crippen LogP contribution in [0.3, 0.4) is 0 Å². The first-order valence-electron chi connectivity index (χ1n) is 6.26. The van der Waals surface area contributed by atoms with E-state index in [1.165, 1.54) is 17.0 Å². The summed E-state index contributed by atoms with van der Waals surface area (Å²) in [5.41, 5.74) is 3.06. The Labute approximate surface area is 104 Å². The molecule has 0 spiro atoms. The Hall–Kier alpha value is -0.370. The second kappa shape index (κ2) is 4.48. The monoisotopic (exact) mass is 237 g/mol. The molecule has 0 aromatic rings. The summed E-state index contributed by atoms with van der Waals surface area (Å²) in [6.07, 6.45) is 3.80. The summed E-state index contributed by atoms with van der Waals surface area (Å²) in [6, 6.07) is 0.640. The maximum Gasteiger partial charge on any atom is 0.0686 e. The van der Waals surface area contributed by atoms with Gasteiger partial charge in [-0.25, -0.2) is 0 Å². The molecule has 0 saturated heterocycles. The Balaban J connectivity index is 2.24. The van der Waals surface area contributed by atoms with Crippen molar-refractivity contribution in [2.75, 3.05) is 5.88 Å². The molecule has 16 heavy (non-hydrogen) atoms. The fourth-order valence-corrected chi connectivity index (χ4v) is 4.20. The van der Waals surface area contributed by atoms with Gasteiger partial charge in [-0.1, -0.05) is 25.5 Å². The van der Waals surface area contributed by atoms with E-state index in [0.29, 0.717) is 6.04 Å². The summed E-state index contributed by atoms with van der Waals surface area (Å²) in [6.45, 7) is 11.6. The summed E-state index contributed by atoms with van der Waals surface area (Å²) < 4.78 is 0. The van der Waals surface area contributed by atoms with E-state index in [1.54, 1.807) is 5.57 Å². The van der Waals surface area contributed by atoms with Crippen LogP contribution in [-0.4, -0.2) is 16.8 Å². The Morgan fingerprint density at radius 3 is 2.44 bits per heavy atom. The standard InChI is InChI=1S/C14H23NS/c1-9-6-10(2)14(11(3)7-9)15-8-16-13(5)12(15)4/h6,9,11,14H,7-8H2,1-5H3/t9-,11-,14+/m1/s1. The lowest BCUT2D eigenvalue weighted by Gasteiger charge is -2.39. The number of hydrogen-bond donors (Lipinski definition) is 0. The number of hydrogen-bond acceptors (Lipinski definition) is 2. The van der Waals surface area contributed by atoms with Crippen LogP contribution in [0.4, 0.5) is 0 Å². The molecule has 0 saturated carbocycles. The summed E-state index contributed by atoms with van der Waals surface area (Å²) >= 11 is 1.99. The maximum atomic E-state index is 2.60. The van der Waals surface area contributed by atoms with Gasteiger partial charge in [0.05, 0.1) is 11.9 Å². The van der Waals surface area contributed by atoms with Gasteiger partial charge in [-0.3, -0.25) is 0 Å². The quantitative estimate of drug-likeness (QED) is 0.628. The number of rotatable bonds is 1. The zero-order valence-corrected chi connectivity index (χ0v) is 11.9. The Morgan fingerprint density at radius 2 is 1.94 bits per heavy atom. The fraction of sp³-hybridized carbons (Fsp3) is 0.714. The smallest absolute Gasteiger partial charge is 0.0686 e. The van der Waals surface area contributed by atoms with Crippen LogP contribution >= 0.6 is 11.8 Å². The van der Waals surface area contributed by atoms with Gasteiger partial charge in [-0.15, -0.1) is 11.8 Å². The molecule has 2 aliphatic rings. The molecule has 1 aliphatic heterocycles. The summed E-state index contributed by atoms with van der Waals surface area (Å²) in [7, 11) is 0. The van der Waals surface area contributed by atoms with Gasteiger partial charge in [0.2, 0.25) is 0 Å². The van der Waals surface area contributed by atoms with Crippen molar-refractivity contribution in [3.05, 3.63) is 22.3 Å². The molecule has 0 bridgehead atoms. The molecule has 90 valence electrons. The van der Waals surface area contributed by atoms with E-state index in [9.17, 15) is 0 Å². The molecular formula is C14H23NS. The molecule has 0 aromatic heterocycles. The predicted molar refractivity (Wildman–Crippen MR) is 73.2 cm³/mol. The van der Waals surface area contributed by atoms with Crippen LogP contribution in [0.5, 0.6) is 0 Å². The first kappa shape index (κ1) is 12.1. The van der Waals surface area contributed by atoms with E-state index in [2.05, 4.69) is 45.6 Å². The van der Waals surface area contributed by atoms with E-state index in [0.717, 1.165) is 17.7 Å². The number of allylic oxidation sites excluding steroid dienone is 3. The molecule has 0 aromatic carbocycles. The number of nitrogens with zero attached hydrogens (tertiary/aromatic N) is 1. The van der Waals surface area contributed by atoms with Gasteiger partial charge in [0.1, 0.15) is 0 Å². The van der Waals surface area contributed by atoms with Crippen LogP contribution in [0.2, 0.25) is 0 Å². The minimum Gasteiger partial charge on any atom is -0.358 e. The van der Waals surface area contributed by atoms with Gasteiger partial charge in [0, 0.05) is 10.6 Å². The normalized spacial score (nSPS) is 35.7. The predicted octanol–water partition coefficient (Wildman–Crippen LogP) is 4.23. The van der Waals surface area contributed by atoms with E-state index in [4.69, 9.17) is 0 Å². The highest BCUT2D eigenvalue weighted by Crippen LogP contribution is 2.39. The Kier molecular flexibility index (Phi) is 3.39. The molecule has 3 atom stereocenters. The zero-order chi connectivity index (χ0) is 11.9.